The van der Waals surface area contributed by atoms with Crippen molar-refractivity contribution in [2.45, 2.75) is 32.6 Å². The number of carbonyl (C=O) groups excluding carboxylic acids is 1. The van der Waals surface area contributed by atoms with Gasteiger partial charge < -0.3 is 10.6 Å². The number of carbonyl (C=O) groups is 1. The molecule has 1 fully saturated rings. The zero-order chi connectivity index (χ0) is 12.3. The Labute approximate surface area is 101 Å². The second kappa shape index (κ2) is 5.31. The van der Waals surface area contributed by atoms with Gasteiger partial charge in [0.25, 0.3) is 0 Å². The summed E-state index contributed by atoms with van der Waals surface area (Å²) in [5.41, 5.74) is 1.04. The molecule has 2 rings (SSSR count). The van der Waals surface area contributed by atoms with E-state index in [2.05, 4.69) is 34.7 Å². The molecule has 5 nitrogen and oxygen atoms in total. The lowest BCUT2D eigenvalue weighted by atomic mass is 9.99. The van der Waals surface area contributed by atoms with Crippen molar-refractivity contribution in [3.05, 3.63) is 11.8 Å². The van der Waals surface area contributed by atoms with Crippen LogP contribution in [0.2, 0.25) is 0 Å². The van der Waals surface area contributed by atoms with E-state index in [1.165, 1.54) is 0 Å². The van der Waals surface area contributed by atoms with Crippen molar-refractivity contribution in [3.63, 3.8) is 0 Å². The van der Waals surface area contributed by atoms with Crippen LogP contribution in [0.15, 0.2) is 6.07 Å². The van der Waals surface area contributed by atoms with Crippen molar-refractivity contribution in [3.8, 4) is 0 Å². The minimum Gasteiger partial charge on any atom is -0.316 e. The van der Waals surface area contributed by atoms with Gasteiger partial charge in [0.1, 0.15) is 0 Å². The van der Waals surface area contributed by atoms with Crippen molar-refractivity contribution in [2.75, 3.05) is 18.4 Å². The van der Waals surface area contributed by atoms with Crippen LogP contribution in [0.5, 0.6) is 0 Å². The number of aromatic nitrogens is 2. The monoisotopic (exact) mass is 236 g/mol. The fourth-order valence-electron chi connectivity index (χ4n) is 2.00. The van der Waals surface area contributed by atoms with Gasteiger partial charge in [-0.1, -0.05) is 13.8 Å². The van der Waals surface area contributed by atoms with Crippen molar-refractivity contribution in [1.29, 1.82) is 0 Å². The molecule has 5 heteroatoms. The van der Waals surface area contributed by atoms with Crippen LogP contribution in [0.1, 0.15) is 38.3 Å². The Morgan fingerprint density at radius 1 is 1.59 bits per heavy atom. The van der Waals surface area contributed by atoms with Crippen LogP contribution < -0.4 is 10.6 Å². The molecule has 1 aliphatic heterocycles. The Kier molecular flexibility index (Phi) is 3.78. The first kappa shape index (κ1) is 12.1. The van der Waals surface area contributed by atoms with E-state index in [1.807, 2.05) is 6.07 Å². The van der Waals surface area contributed by atoms with E-state index in [-0.39, 0.29) is 11.8 Å². The predicted octanol–water partition coefficient (Wildman–Crippen LogP) is 1.47. The fourth-order valence-corrected chi connectivity index (χ4v) is 2.00. The van der Waals surface area contributed by atoms with Gasteiger partial charge in [-0.3, -0.25) is 9.89 Å². The molecule has 0 radical (unpaired) electrons. The van der Waals surface area contributed by atoms with E-state index in [1.54, 1.807) is 0 Å². The average Bonchev–Trinajstić information content (AvgIpc) is 2.79. The molecule has 1 saturated heterocycles. The molecule has 0 spiro atoms. The molecule has 1 amide bonds. The molecule has 0 aromatic carbocycles. The molecule has 94 valence electrons. The summed E-state index contributed by atoms with van der Waals surface area (Å²) in [6, 6.07) is 1.90. The summed E-state index contributed by atoms with van der Waals surface area (Å²) >= 11 is 0. The first-order valence-electron chi connectivity index (χ1n) is 6.23. The predicted molar refractivity (Wildman–Crippen MR) is 66.9 cm³/mol. The first-order chi connectivity index (χ1) is 8.16. The molecule has 1 aromatic rings. The van der Waals surface area contributed by atoms with Crippen molar-refractivity contribution in [1.82, 2.24) is 15.5 Å². The van der Waals surface area contributed by atoms with E-state index in [0.29, 0.717) is 11.7 Å². The molecule has 0 bridgehead atoms. The zero-order valence-electron chi connectivity index (χ0n) is 10.4. The number of amides is 1. The summed E-state index contributed by atoms with van der Waals surface area (Å²) in [4.78, 5) is 11.9. The smallest absolute Gasteiger partial charge is 0.229 e. The molecule has 0 aliphatic carbocycles. The lowest BCUT2D eigenvalue weighted by molar-refractivity contribution is -0.120. The number of nitrogens with one attached hydrogen (secondary N) is 3. The highest BCUT2D eigenvalue weighted by Crippen LogP contribution is 2.17. The van der Waals surface area contributed by atoms with E-state index in [0.717, 1.165) is 31.6 Å². The number of hydrogen-bond donors (Lipinski definition) is 3. The van der Waals surface area contributed by atoms with Crippen LogP contribution >= 0.6 is 0 Å². The summed E-state index contributed by atoms with van der Waals surface area (Å²) in [7, 11) is 0. The van der Waals surface area contributed by atoms with E-state index < -0.39 is 0 Å². The number of H-pyrrole nitrogens is 1. The van der Waals surface area contributed by atoms with Gasteiger partial charge in [0.15, 0.2) is 5.82 Å². The second-order valence-corrected chi connectivity index (χ2v) is 4.90. The minimum absolute atomic E-state index is 0.0685. The number of aromatic amines is 1. The van der Waals surface area contributed by atoms with Crippen LogP contribution in [0.4, 0.5) is 5.82 Å². The Balaban J connectivity index is 1.92. The number of hydrogen-bond acceptors (Lipinski definition) is 3. The molecule has 17 heavy (non-hydrogen) atoms. The van der Waals surface area contributed by atoms with Crippen LogP contribution in [-0.2, 0) is 4.79 Å². The molecule has 1 atom stereocenters. The molecule has 1 unspecified atom stereocenters. The Morgan fingerprint density at radius 3 is 3.00 bits per heavy atom. The zero-order valence-corrected chi connectivity index (χ0v) is 10.4. The molecular weight excluding hydrogens is 216 g/mol. The molecule has 2 heterocycles. The maximum atomic E-state index is 11.9. The average molecular weight is 236 g/mol. The molecule has 1 aromatic heterocycles. The number of rotatable bonds is 3. The van der Waals surface area contributed by atoms with Gasteiger partial charge >= 0.3 is 0 Å². The highest BCUT2D eigenvalue weighted by molar-refractivity contribution is 5.91. The lowest BCUT2D eigenvalue weighted by Gasteiger charge is -2.21. The van der Waals surface area contributed by atoms with Gasteiger partial charge in [-0.15, -0.1) is 0 Å². The quantitative estimate of drug-likeness (QED) is 0.744. The summed E-state index contributed by atoms with van der Waals surface area (Å²) in [5.74, 6) is 1.16. The van der Waals surface area contributed by atoms with E-state index in [4.69, 9.17) is 0 Å². The van der Waals surface area contributed by atoms with Gasteiger partial charge in [-0.25, -0.2) is 0 Å². The third kappa shape index (κ3) is 3.06. The van der Waals surface area contributed by atoms with Gasteiger partial charge in [-0.2, -0.15) is 5.10 Å². The van der Waals surface area contributed by atoms with Gasteiger partial charge in [0.05, 0.1) is 5.92 Å². The highest BCUT2D eigenvalue weighted by Gasteiger charge is 2.21. The van der Waals surface area contributed by atoms with Crippen LogP contribution in [0.3, 0.4) is 0 Å². The summed E-state index contributed by atoms with van der Waals surface area (Å²) in [5, 5.41) is 13.1. The van der Waals surface area contributed by atoms with Crippen LogP contribution in [0, 0.1) is 5.92 Å². The molecule has 0 saturated carbocycles. The largest absolute Gasteiger partial charge is 0.316 e. The SMILES string of the molecule is CC(C)c1cc(NC(=O)C2CCCNC2)n[nH]1. The summed E-state index contributed by atoms with van der Waals surface area (Å²) in [6.45, 7) is 5.96. The lowest BCUT2D eigenvalue weighted by Crippen LogP contribution is -2.37. The third-order valence-corrected chi connectivity index (χ3v) is 3.14. The maximum Gasteiger partial charge on any atom is 0.229 e. The van der Waals surface area contributed by atoms with E-state index in [9.17, 15) is 4.79 Å². The minimum atomic E-state index is 0.0685. The summed E-state index contributed by atoms with van der Waals surface area (Å²) in [6.07, 6.45) is 2.02. The number of piperidine rings is 1. The standard InChI is InChI=1S/C12H20N4O/c1-8(2)10-6-11(16-15-10)14-12(17)9-4-3-5-13-7-9/h6,8-9,13H,3-5,7H2,1-2H3,(H2,14,15,16,17). The van der Waals surface area contributed by atoms with E-state index >= 15 is 0 Å². The topological polar surface area (TPSA) is 69.8 Å². The molecule has 1 aliphatic rings. The first-order valence-corrected chi connectivity index (χ1v) is 6.23. The van der Waals surface area contributed by atoms with Crippen LogP contribution in [-0.4, -0.2) is 29.2 Å². The van der Waals surface area contributed by atoms with Gasteiger partial charge in [-0.05, 0) is 25.3 Å². The number of nitrogens with zero attached hydrogens (tertiary/aromatic N) is 1. The third-order valence-electron chi connectivity index (χ3n) is 3.14. The van der Waals surface area contributed by atoms with Crippen LogP contribution in [0.25, 0.3) is 0 Å². The molecular formula is C12H20N4O. The Bertz CT molecular complexity index is 380. The van der Waals surface area contributed by atoms with Gasteiger partial charge in [0, 0.05) is 18.3 Å². The van der Waals surface area contributed by atoms with Gasteiger partial charge in [0.2, 0.25) is 5.91 Å². The Morgan fingerprint density at radius 2 is 2.41 bits per heavy atom. The molecule has 3 N–H and O–H groups in total. The fraction of sp³-hybridized carbons (Fsp3) is 0.667. The summed E-state index contributed by atoms with van der Waals surface area (Å²) < 4.78 is 0. The Hall–Kier alpha value is -1.36. The number of anilines is 1. The highest BCUT2D eigenvalue weighted by atomic mass is 16.2. The van der Waals surface area contributed by atoms with Crippen molar-refractivity contribution in [2.24, 2.45) is 5.92 Å². The second-order valence-electron chi connectivity index (χ2n) is 4.90. The normalized spacial score (nSPS) is 20.5. The van der Waals surface area contributed by atoms with Crippen molar-refractivity contribution < 1.29 is 4.79 Å². The van der Waals surface area contributed by atoms with Crippen molar-refractivity contribution >= 4 is 11.7 Å². The maximum absolute atomic E-state index is 11.9.